The first-order valence-corrected chi connectivity index (χ1v) is 8.41. The average molecular weight is 317 g/mol. The van der Waals surface area contributed by atoms with E-state index in [0.717, 1.165) is 12.1 Å². The van der Waals surface area contributed by atoms with Crippen molar-refractivity contribution in [3.63, 3.8) is 0 Å². The molecule has 1 aliphatic rings. The van der Waals surface area contributed by atoms with Crippen molar-refractivity contribution < 1.29 is 4.79 Å². The Bertz CT molecular complexity index is 437. The van der Waals surface area contributed by atoms with Crippen molar-refractivity contribution in [2.75, 3.05) is 19.6 Å². The number of amides is 1. The van der Waals surface area contributed by atoms with Gasteiger partial charge in [0.2, 0.25) is 6.41 Å². The van der Waals surface area contributed by atoms with Gasteiger partial charge in [0.25, 0.3) is 0 Å². The van der Waals surface area contributed by atoms with Crippen molar-refractivity contribution >= 4 is 6.41 Å². The van der Waals surface area contributed by atoms with E-state index < -0.39 is 0 Å². The highest BCUT2D eigenvalue weighted by Crippen LogP contribution is 2.07. The molecule has 128 valence electrons. The lowest BCUT2D eigenvalue weighted by molar-refractivity contribution is -0.108. The van der Waals surface area contributed by atoms with Gasteiger partial charge in [-0.25, -0.2) is 0 Å². The summed E-state index contributed by atoms with van der Waals surface area (Å²) in [6.45, 7) is 13.0. The van der Waals surface area contributed by atoms with Gasteiger partial charge in [-0.1, -0.05) is 32.6 Å². The molecule has 1 saturated heterocycles. The number of pyridine rings is 1. The highest BCUT2D eigenvalue weighted by Gasteiger charge is 2.10. The van der Waals surface area contributed by atoms with Crippen molar-refractivity contribution in [2.45, 2.75) is 40.0 Å². The standard InChI is InChI=1S/C11H16N2.C6H9NO.C2H6/c1-2-7-12-11(5-1)6-10-13-8-3-4-9-13;1-3-6(4-2)7-5-8;1-2/h1-2,5,7H,3-4,6,8-10H2;3-5H,1H2,2H3,(H,7,8);1-2H3/b;6-4+;. The third-order valence-electron chi connectivity index (χ3n) is 3.37. The Hall–Kier alpha value is -1.94. The van der Waals surface area contributed by atoms with E-state index >= 15 is 0 Å². The number of carbonyl (C=O) groups excluding carboxylic acids is 1. The largest absolute Gasteiger partial charge is 0.329 e. The highest BCUT2D eigenvalue weighted by atomic mass is 16.1. The number of nitrogens with one attached hydrogen (secondary N) is 1. The van der Waals surface area contributed by atoms with Crippen LogP contribution in [0.25, 0.3) is 0 Å². The lowest BCUT2D eigenvalue weighted by atomic mass is 10.2. The third kappa shape index (κ3) is 10.4. The maximum absolute atomic E-state index is 9.73. The number of nitrogens with zero attached hydrogens (tertiary/aromatic N) is 2. The summed E-state index contributed by atoms with van der Waals surface area (Å²) in [5, 5.41) is 2.44. The molecule has 0 radical (unpaired) electrons. The Kier molecular flexibility index (Phi) is 13.7. The van der Waals surface area contributed by atoms with Crippen LogP contribution in [0, 0.1) is 0 Å². The first kappa shape index (κ1) is 21.1. The molecule has 1 aliphatic heterocycles. The van der Waals surface area contributed by atoms with Crippen LogP contribution in [-0.4, -0.2) is 35.9 Å². The van der Waals surface area contributed by atoms with Crippen LogP contribution in [0.4, 0.5) is 0 Å². The lowest BCUT2D eigenvalue weighted by Crippen LogP contribution is -2.22. The van der Waals surface area contributed by atoms with E-state index in [-0.39, 0.29) is 0 Å². The van der Waals surface area contributed by atoms with Gasteiger partial charge in [0.15, 0.2) is 0 Å². The fraction of sp³-hybridized carbons (Fsp3) is 0.474. The minimum absolute atomic E-state index is 0.622. The quantitative estimate of drug-likeness (QED) is 0.644. The van der Waals surface area contributed by atoms with Gasteiger partial charge in [0.1, 0.15) is 0 Å². The van der Waals surface area contributed by atoms with Crippen molar-refractivity contribution in [1.82, 2.24) is 15.2 Å². The van der Waals surface area contributed by atoms with Gasteiger partial charge >= 0.3 is 0 Å². The second-order valence-corrected chi connectivity index (χ2v) is 4.83. The number of likely N-dealkylation sites (tertiary alicyclic amines) is 1. The molecule has 2 rings (SSSR count). The molecule has 0 bridgehead atoms. The number of rotatable bonds is 6. The van der Waals surface area contributed by atoms with Crippen LogP contribution < -0.4 is 5.32 Å². The Morgan fingerprint density at radius 1 is 1.35 bits per heavy atom. The summed E-state index contributed by atoms with van der Waals surface area (Å²) >= 11 is 0. The van der Waals surface area contributed by atoms with E-state index in [4.69, 9.17) is 0 Å². The number of aromatic nitrogens is 1. The molecular formula is C19H31N3O. The van der Waals surface area contributed by atoms with Gasteiger partial charge in [0, 0.05) is 30.6 Å². The van der Waals surface area contributed by atoms with Crippen LogP contribution >= 0.6 is 0 Å². The van der Waals surface area contributed by atoms with Crippen LogP contribution in [0.2, 0.25) is 0 Å². The first-order chi connectivity index (χ1) is 11.3. The maximum atomic E-state index is 9.73. The summed E-state index contributed by atoms with van der Waals surface area (Å²) in [5.74, 6) is 0. The van der Waals surface area contributed by atoms with Gasteiger partial charge in [-0.3, -0.25) is 9.78 Å². The van der Waals surface area contributed by atoms with E-state index in [1.165, 1.54) is 38.2 Å². The average Bonchev–Trinajstić information content (AvgIpc) is 3.15. The summed E-state index contributed by atoms with van der Waals surface area (Å²) in [6.07, 6.45) is 9.69. The molecule has 0 unspecified atom stereocenters. The topological polar surface area (TPSA) is 45.2 Å². The Labute approximate surface area is 141 Å². The molecule has 0 aliphatic carbocycles. The fourth-order valence-corrected chi connectivity index (χ4v) is 2.15. The number of carbonyl (C=O) groups is 1. The highest BCUT2D eigenvalue weighted by molar-refractivity contribution is 5.51. The molecule has 1 aromatic heterocycles. The monoisotopic (exact) mass is 317 g/mol. The maximum Gasteiger partial charge on any atom is 0.211 e. The second kappa shape index (κ2) is 15.0. The van der Waals surface area contributed by atoms with Gasteiger partial charge in [-0.05, 0) is 51.1 Å². The minimum Gasteiger partial charge on any atom is -0.329 e. The van der Waals surface area contributed by atoms with Crippen molar-refractivity contribution in [1.29, 1.82) is 0 Å². The van der Waals surface area contributed by atoms with Crippen molar-refractivity contribution in [3.8, 4) is 0 Å². The van der Waals surface area contributed by atoms with E-state index in [9.17, 15) is 4.79 Å². The molecule has 1 aromatic rings. The Morgan fingerprint density at radius 3 is 2.48 bits per heavy atom. The summed E-state index contributed by atoms with van der Waals surface area (Å²) in [7, 11) is 0. The summed E-state index contributed by atoms with van der Waals surface area (Å²) < 4.78 is 0. The SMILES string of the molecule is C=C/C(=C\C)NC=O.CC.c1ccc(CCN2CCCC2)nc1. The van der Waals surface area contributed by atoms with Gasteiger partial charge in [-0.2, -0.15) is 0 Å². The molecular weight excluding hydrogens is 286 g/mol. The van der Waals surface area contributed by atoms with E-state index in [1.807, 2.05) is 33.0 Å². The molecule has 0 spiro atoms. The molecule has 0 saturated carbocycles. The Morgan fingerprint density at radius 2 is 2.04 bits per heavy atom. The van der Waals surface area contributed by atoms with Crippen LogP contribution in [0.1, 0.15) is 39.3 Å². The number of hydrogen-bond acceptors (Lipinski definition) is 3. The summed E-state index contributed by atoms with van der Waals surface area (Å²) in [5.41, 5.74) is 1.95. The Balaban J connectivity index is 0.000000421. The molecule has 2 heterocycles. The van der Waals surface area contributed by atoms with Crippen molar-refractivity contribution in [3.05, 3.63) is 54.5 Å². The zero-order valence-electron chi connectivity index (χ0n) is 14.8. The number of allylic oxidation sites excluding steroid dienone is 2. The molecule has 0 atom stereocenters. The molecule has 1 N–H and O–H groups in total. The normalized spacial score (nSPS) is 14.0. The molecule has 23 heavy (non-hydrogen) atoms. The molecule has 1 fully saturated rings. The zero-order chi connectivity index (χ0) is 17.3. The second-order valence-electron chi connectivity index (χ2n) is 4.83. The van der Waals surface area contributed by atoms with Crippen LogP contribution in [0.3, 0.4) is 0 Å². The van der Waals surface area contributed by atoms with Gasteiger partial charge < -0.3 is 10.2 Å². The first-order valence-electron chi connectivity index (χ1n) is 8.41. The fourth-order valence-electron chi connectivity index (χ4n) is 2.15. The number of hydrogen-bond donors (Lipinski definition) is 1. The van der Waals surface area contributed by atoms with E-state index in [2.05, 4.69) is 33.9 Å². The minimum atomic E-state index is 0.622. The third-order valence-corrected chi connectivity index (χ3v) is 3.37. The predicted octanol–water partition coefficient (Wildman–Crippen LogP) is 3.57. The molecule has 4 nitrogen and oxygen atoms in total. The smallest absolute Gasteiger partial charge is 0.211 e. The molecule has 0 aromatic carbocycles. The predicted molar refractivity (Wildman–Crippen MR) is 98.1 cm³/mol. The van der Waals surface area contributed by atoms with E-state index in [0.29, 0.717) is 6.41 Å². The van der Waals surface area contributed by atoms with Crippen LogP contribution in [0.15, 0.2) is 48.8 Å². The lowest BCUT2D eigenvalue weighted by Gasteiger charge is -2.13. The van der Waals surface area contributed by atoms with Crippen molar-refractivity contribution in [2.24, 2.45) is 0 Å². The van der Waals surface area contributed by atoms with Crippen LogP contribution in [0.5, 0.6) is 0 Å². The summed E-state index contributed by atoms with van der Waals surface area (Å²) in [4.78, 5) is 16.6. The van der Waals surface area contributed by atoms with E-state index in [1.54, 1.807) is 12.2 Å². The summed E-state index contributed by atoms with van der Waals surface area (Å²) in [6, 6.07) is 6.14. The van der Waals surface area contributed by atoms with Crippen LogP contribution in [-0.2, 0) is 11.2 Å². The molecule has 4 heteroatoms. The van der Waals surface area contributed by atoms with Gasteiger partial charge in [-0.15, -0.1) is 0 Å². The zero-order valence-corrected chi connectivity index (χ0v) is 14.8. The van der Waals surface area contributed by atoms with Gasteiger partial charge in [0.05, 0.1) is 0 Å². The molecule has 1 amide bonds.